The molecule has 3 aromatic rings. The van der Waals surface area contributed by atoms with Gasteiger partial charge in [0, 0.05) is 6.20 Å². The SMILES string of the molecule is NC(=O)c1ccn(-c2nc(Cl)nc3[nH]ncc23)n1. The Hall–Kier alpha value is -2.48. The van der Waals surface area contributed by atoms with Crippen molar-refractivity contribution in [3.8, 4) is 5.82 Å². The average molecular weight is 264 g/mol. The van der Waals surface area contributed by atoms with Gasteiger partial charge in [-0.3, -0.25) is 9.89 Å². The van der Waals surface area contributed by atoms with Gasteiger partial charge in [0.2, 0.25) is 5.28 Å². The quantitative estimate of drug-likeness (QED) is 0.645. The number of fused-ring (bicyclic) bond motifs is 1. The van der Waals surface area contributed by atoms with Gasteiger partial charge < -0.3 is 5.73 Å². The second-order valence-electron chi connectivity index (χ2n) is 3.46. The number of carbonyl (C=O) groups is 1. The maximum Gasteiger partial charge on any atom is 0.269 e. The third-order valence-corrected chi connectivity index (χ3v) is 2.49. The molecule has 3 rings (SSSR count). The first-order valence-corrected chi connectivity index (χ1v) is 5.25. The minimum atomic E-state index is -0.614. The van der Waals surface area contributed by atoms with Crippen LogP contribution in [0.1, 0.15) is 10.5 Å². The molecule has 0 aromatic carbocycles. The number of primary amides is 1. The largest absolute Gasteiger partial charge is 0.364 e. The van der Waals surface area contributed by atoms with Gasteiger partial charge in [0.05, 0.1) is 11.6 Å². The number of carbonyl (C=O) groups excluding carboxylic acids is 1. The van der Waals surface area contributed by atoms with Crippen molar-refractivity contribution in [3.05, 3.63) is 29.4 Å². The van der Waals surface area contributed by atoms with E-state index in [9.17, 15) is 4.79 Å². The lowest BCUT2D eigenvalue weighted by Crippen LogP contribution is -2.12. The van der Waals surface area contributed by atoms with Crippen molar-refractivity contribution >= 4 is 28.5 Å². The molecule has 0 saturated heterocycles. The molecule has 0 atom stereocenters. The Morgan fingerprint density at radius 3 is 3.00 bits per heavy atom. The lowest BCUT2D eigenvalue weighted by molar-refractivity contribution is 0.0995. The van der Waals surface area contributed by atoms with E-state index in [4.69, 9.17) is 17.3 Å². The summed E-state index contributed by atoms with van der Waals surface area (Å²) < 4.78 is 1.39. The Morgan fingerprint density at radius 2 is 2.28 bits per heavy atom. The number of nitrogens with one attached hydrogen (secondary N) is 1. The predicted octanol–water partition coefficient (Wildman–Crippen LogP) is 0.291. The minimum Gasteiger partial charge on any atom is -0.364 e. The van der Waals surface area contributed by atoms with Gasteiger partial charge in [-0.15, -0.1) is 0 Å². The van der Waals surface area contributed by atoms with Crippen LogP contribution in [0.2, 0.25) is 5.28 Å². The van der Waals surface area contributed by atoms with E-state index in [-0.39, 0.29) is 11.0 Å². The molecule has 0 radical (unpaired) electrons. The van der Waals surface area contributed by atoms with Gasteiger partial charge in [0.1, 0.15) is 5.69 Å². The van der Waals surface area contributed by atoms with E-state index in [0.29, 0.717) is 16.9 Å². The van der Waals surface area contributed by atoms with Crippen LogP contribution in [0, 0.1) is 0 Å². The molecule has 0 aliphatic heterocycles. The van der Waals surface area contributed by atoms with E-state index in [2.05, 4.69) is 25.3 Å². The number of hydrogen-bond donors (Lipinski definition) is 2. The highest BCUT2D eigenvalue weighted by atomic mass is 35.5. The number of hydrogen-bond acceptors (Lipinski definition) is 5. The zero-order chi connectivity index (χ0) is 12.7. The van der Waals surface area contributed by atoms with E-state index in [1.807, 2.05) is 0 Å². The molecule has 0 saturated carbocycles. The van der Waals surface area contributed by atoms with Gasteiger partial charge in [-0.2, -0.15) is 20.2 Å². The van der Waals surface area contributed by atoms with Gasteiger partial charge >= 0.3 is 0 Å². The van der Waals surface area contributed by atoms with E-state index < -0.39 is 5.91 Å². The molecule has 0 unspecified atom stereocenters. The van der Waals surface area contributed by atoms with Crippen LogP contribution in [0.4, 0.5) is 0 Å². The standard InChI is InChI=1S/C9H6ClN7O/c10-9-13-7-4(3-12-15-7)8(14-9)17-2-1-5(16-17)6(11)18/h1-3H,(H2,11,18)(H,12,13,14,15). The Balaban J connectivity index is 2.23. The Bertz CT molecular complexity index is 746. The number of halogens is 1. The van der Waals surface area contributed by atoms with E-state index in [1.54, 1.807) is 12.4 Å². The first-order valence-electron chi connectivity index (χ1n) is 4.87. The second kappa shape index (κ2) is 3.77. The van der Waals surface area contributed by atoms with Crippen LogP contribution in [-0.2, 0) is 0 Å². The van der Waals surface area contributed by atoms with Crippen LogP contribution in [0.3, 0.4) is 0 Å². The van der Waals surface area contributed by atoms with E-state index in [0.717, 1.165) is 0 Å². The molecule has 0 aliphatic carbocycles. The van der Waals surface area contributed by atoms with Crippen molar-refractivity contribution in [2.45, 2.75) is 0 Å². The number of aromatic nitrogens is 6. The molecule has 0 fully saturated rings. The van der Waals surface area contributed by atoms with Crippen molar-refractivity contribution in [1.82, 2.24) is 29.9 Å². The molecule has 1 amide bonds. The van der Waals surface area contributed by atoms with Crippen LogP contribution in [0.25, 0.3) is 16.9 Å². The van der Waals surface area contributed by atoms with E-state index in [1.165, 1.54) is 10.7 Å². The summed E-state index contributed by atoms with van der Waals surface area (Å²) in [6.45, 7) is 0. The van der Waals surface area contributed by atoms with Crippen molar-refractivity contribution in [2.24, 2.45) is 5.73 Å². The fourth-order valence-corrected chi connectivity index (χ4v) is 1.71. The van der Waals surface area contributed by atoms with Gasteiger partial charge in [-0.25, -0.2) is 4.68 Å². The zero-order valence-corrected chi connectivity index (χ0v) is 9.59. The molecule has 18 heavy (non-hydrogen) atoms. The summed E-state index contributed by atoms with van der Waals surface area (Å²) in [4.78, 5) is 19.0. The van der Waals surface area contributed by atoms with Crippen LogP contribution in [0.5, 0.6) is 0 Å². The second-order valence-corrected chi connectivity index (χ2v) is 3.80. The molecule has 3 aromatic heterocycles. The van der Waals surface area contributed by atoms with Gasteiger partial charge in [0.15, 0.2) is 11.5 Å². The summed E-state index contributed by atoms with van der Waals surface area (Å²) in [5.41, 5.74) is 5.76. The van der Waals surface area contributed by atoms with E-state index >= 15 is 0 Å². The van der Waals surface area contributed by atoms with Gasteiger partial charge in [0.25, 0.3) is 5.91 Å². The Kier molecular flexibility index (Phi) is 2.23. The first-order chi connectivity index (χ1) is 8.65. The third kappa shape index (κ3) is 1.59. The highest BCUT2D eigenvalue weighted by Crippen LogP contribution is 2.18. The first kappa shape index (κ1) is 10.7. The monoisotopic (exact) mass is 263 g/mol. The lowest BCUT2D eigenvalue weighted by Gasteiger charge is -2.01. The summed E-state index contributed by atoms with van der Waals surface area (Å²) in [5.74, 6) is -0.191. The molecule has 0 aliphatic rings. The number of rotatable bonds is 2. The summed E-state index contributed by atoms with van der Waals surface area (Å²) in [6.07, 6.45) is 3.11. The zero-order valence-electron chi connectivity index (χ0n) is 8.83. The van der Waals surface area contributed by atoms with Gasteiger partial charge in [-0.05, 0) is 17.7 Å². The third-order valence-electron chi connectivity index (χ3n) is 2.32. The molecule has 8 nitrogen and oxygen atoms in total. The topological polar surface area (TPSA) is 115 Å². The molecule has 9 heteroatoms. The minimum absolute atomic E-state index is 0.0536. The average Bonchev–Trinajstić information content (AvgIpc) is 2.95. The van der Waals surface area contributed by atoms with Crippen LogP contribution < -0.4 is 5.73 Å². The number of aromatic amines is 1. The van der Waals surface area contributed by atoms with Crippen LogP contribution >= 0.6 is 11.6 Å². The number of nitrogens with zero attached hydrogens (tertiary/aromatic N) is 5. The molecular weight excluding hydrogens is 258 g/mol. The highest BCUT2D eigenvalue weighted by molar-refractivity contribution is 6.28. The molecule has 0 spiro atoms. The van der Waals surface area contributed by atoms with Crippen molar-refractivity contribution in [2.75, 3.05) is 0 Å². The molecule has 3 heterocycles. The van der Waals surface area contributed by atoms with Crippen LogP contribution in [-0.4, -0.2) is 35.9 Å². The van der Waals surface area contributed by atoms with Crippen molar-refractivity contribution in [3.63, 3.8) is 0 Å². The summed E-state index contributed by atoms with van der Waals surface area (Å²) in [6, 6.07) is 1.49. The van der Waals surface area contributed by atoms with Crippen molar-refractivity contribution in [1.29, 1.82) is 0 Å². The van der Waals surface area contributed by atoms with Crippen LogP contribution in [0.15, 0.2) is 18.5 Å². The van der Waals surface area contributed by atoms with Gasteiger partial charge in [-0.1, -0.05) is 0 Å². The Morgan fingerprint density at radius 1 is 1.44 bits per heavy atom. The fourth-order valence-electron chi connectivity index (χ4n) is 1.54. The summed E-state index contributed by atoms with van der Waals surface area (Å²) >= 11 is 5.80. The normalized spacial score (nSPS) is 10.9. The molecular formula is C9H6ClN7O. The molecule has 0 bridgehead atoms. The molecule has 3 N–H and O–H groups in total. The summed E-state index contributed by atoms with van der Waals surface area (Å²) in [5, 5.41) is 11.2. The predicted molar refractivity (Wildman–Crippen MR) is 62.3 cm³/mol. The smallest absolute Gasteiger partial charge is 0.269 e. The molecule has 90 valence electrons. The number of amides is 1. The fraction of sp³-hybridized carbons (Fsp3) is 0. The maximum absolute atomic E-state index is 11.0. The number of H-pyrrole nitrogens is 1. The van der Waals surface area contributed by atoms with Crippen molar-refractivity contribution < 1.29 is 4.79 Å². The lowest BCUT2D eigenvalue weighted by atomic mass is 10.4. The highest BCUT2D eigenvalue weighted by Gasteiger charge is 2.13. The maximum atomic E-state index is 11.0. The number of nitrogens with two attached hydrogens (primary N) is 1. The Labute approximate surface area is 105 Å². The summed E-state index contributed by atoms with van der Waals surface area (Å²) in [7, 11) is 0.